The van der Waals surface area contributed by atoms with Crippen molar-refractivity contribution in [2.75, 3.05) is 0 Å². The molecule has 0 radical (unpaired) electrons. The van der Waals surface area contributed by atoms with Gasteiger partial charge in [0.15, 0.2) is 0 Å². The van der Waals surface area contributed by atoms with Gasteiger partial charge in [-0.25, -0.2) is 5.26 Å². The molecule has 1 amide bonds. The van der Waals surface area contributed by atoms with Gasteiger partial charge in [-0.2, -0.15) is 6.07 Å². The zero-order valence-corrected chi connectivity index (χ0v) is 13.3. The Hall–Kier alpha value is -1.47. The molecule has 3 nitrogen and oxygen atoms in total. The van der Waals surface area contributed by atoms with Crippen molar-refractivity contribution >= 4 is 12.0 Å². The summed E-state index contributed by atoms with van der Waals surface area (Å²) >= 11 is 0. The van der Waals surface area contributed by atoms with Crippen LogP contribution in [0.15, 0.2) is 42.1 Å². The van der Waals surface area contributed by atoms with E-state index in [1.165, 1.54) is 11.0 Å². The van der Waals surface area contributed by atoms with Crippen molar-refractivity contribution in [1.29, 1.82) is 5.26 Å². The first-order chi connectivity index (χ1) is 8.63. The molecule has 2 rings (SSSR count). The van der Waals surface area contributed by atoms with Crippen molar-refractivity contribution < 1.29 is 34.4 Å². The van der Waals surface area contributed by atoms with Crippen LogP contribution >= 0.6 is 0 Å². The van der Waals surface area contributed by atoms with Gasteiger partial charge in [-0.1, -0.05) is 17.7 Å². The van der Waals surface area contributed by atoms with Gasteiger partial charge in [0.25, 0.3) is 0 Å². The predicted molar refractivity (Wildman–Crippen MR) is 69.7 cm³/mol. The van der Waals surface area contributed by atoms with Crippen molar-refractivity contribution in [2.45, 2.75) is 13.8 Å². The van der Waals surface area contributed by atoms with Crippen LogP contribution in [0.3, 0.4) is 0 Å². The van der Waals surface area contributed by atoms with E-state index in [2.05, 4.69) is 6.07 Å². The molecule has 0 spiro atoms. The van der Waals surface area contributed by atoms with E-state index in [4.69, 9.17) is 0 Å². The summed E-state index contributed by atoms with van der Waals surface area (Å²) in [6, 6.07) is 10.0. The molecule has 1 aliphatic rings. The topological polar surface area (TPSA) is 44.1 Å². The molecule has 1 heterocycles. The molecule has 0 N–H and O–H groups in total. The smallest absolute Gasteiger partial charge is 0.330 e. The quantitative estimate of drug-likeness (QED) is 0.401. The molecular weight excluding hydrogens is 247 g/mol. The first kappa shape index (κ1) is 15.6. The Labute approximate surface area is 135 Å². The monoisotopic (exact) mass is 260 g/mol. The van der Waals surface area contributed by atoms with Gasteiger partial charge >= 0.3 is 29.6 Å². The van der Waals surface area contributed by atoms with Crippen LogP contribution in [0.25, 0.3) is 6.08 Å². The summed E-state index contributed by atoms with van der Waals surface area (Å²) in [6.45, 7) is 3.71. The van der Waals surface area contributed by atoms with E-state index in [0.29, 0.717) is 6.04 Å². The van der Waals surface area contributed by atoms with E-state index in [-0.39, 0.29) is 35.5 Å². The summed E-state index contributed by atoms with van der Waals surface area (Å²) in [7, 11) is 0. The minimum Gasteiger partial charge on any atom is -0.330 e. The molecule has 90 valence electrons. The summed E-state index contributed by atoms with van der Waals surface area (Å²) < 4.78 is 0. The summed E-state index contributed by atoms with van der Waals surface area (Å²) in [6.07, 6.45) is 5.01. The van der Waals surface area contributed by atoms with Gasteiger partial charge in [-0.3, -0.25) is 4.79 Å². The summed E-state index contributed by atoms with van der Waals surface area (Å²) in [5, 5.41) is 9.26. The Kier molecular flexibility index (Phi) is 5.44. The van der Waals surface area contributed by atoms with E-state index in [0.717, 1.165) is 16.7 Å². The molecule has 4 heteroatoms. The standard InChI is InChI=1S/C15H13N2O.Na/c1-11(2)9-15(18)17-8-7-12-5-3-4-6-13(12)14(17)10-16;/h3-9H,1-2H3;/q-1;+1. The van der Waals surface area contributed by atoms with Gasteiger partial charge in [0.2, 0.25) is 5.91 Å². The van der Waals surface area contributed by atoms with Gasteiger partial charge in [0.1, 0.15) is 0 Å². The minimum atomic E-state index is -0.197. The summed E-state index contributed by atoms with van der Waals surface area (Å²) in [5.41, 5.74) is 2.65. The van der Waals surface area contributed by atoms with E-state index in [1.807, 2.05) is 44.2 Å². The molecule has 0 atom stereocenters. The van der Waals surface area contributed by atoms with E-state index >= 15 is 0 Å². The van der Waals surface area contributed by atoms with Crippen LogP contribution in [0.5, 0.6) is 0 Å². The third-order valence-electron chi connectivity index (χ3n) is 2.62. The molecule has 0 bridgehead atoms. The fourth-order valence-electron chi connectivity index (χ4n) is 1.83. The van der Waals surface area contributed by atoms with E-state index in [1.54, 1.807) is 6.20 Å². The molecule has 0 aliphatic carbocycles. The Bertz CT molecular complexity index is 580. The molecule has 0 saturated carbocycles. The molecule has 0 aromatic heterocycles. The Balaban J connectivity index is 0.00000180. The second-order valence-corrected chi connectivity index (χ2v) is 4.29. The van der Waals surface area contributed by atoms with Crippen molar-refractivity contribution in [3.8, 4) is 6.07 Å². The number of carbonyl (C=O) groups excluding carboxylic acids is 1. The molecule has 1 aromatic carbocycles. The van der Waals surface area contributed by atoms with Crippen LogP contribution in [0.4, 0.5) is 0 Å². The number of fused-ring (bicyclic) bond motifs is 1. The molecule has 1 aliphatic heterocycles. The third kappa shape index (κ3) is 3.30. The predicted octanol–water partition coefficient (Wildman–Crippen LogP) is -0.127. The number of rotatable bonds is 1. The van der Waals surface area contributed by atoms with Crippen molar-refractivity contribution in [3.63, 3.8) is 0 Å². The van der Waals surface area contributed by atoms with Crippen LogP contribution in [-0.4, -0.2) is 10.8 Å². The number of benzene rings is 1. The molecular formula is C15H13N2NaO. The third-order valence-corrected chi connectivity index (χ3v) is 2.62. The van der Waals surface area contributed by atoms with E-state index < -0.39 is 0 Å². The van der Waals surface area contributed by atoms with Gasteiger partial charge in [0.05, 0.1) is 0 Å². The van der Waals surface area contributed by atoms with Gasteiger partial charge in [-0.05, 0) is 20.0 Å². The first-order valence-electron chi connectivity index (χ1n) is 5.66. The summed E-state index contributed by atoms with van der Waals surface area (Å²) in [5.74, 6) is -0.197. The number of amides is 1. The first-order valence-corrected chi connectivity index (χ1v) is 5.66. The molecule has 1 aromatic rings. The number of allylic oxidation sites excluding steroid dienone is 1. The summed E-state index contributed by atoms with van der Waals surface area (Å²) in [4.78, 5) is 13.4. The zero-order valence-electron chi connectivity index (χ0n) is 11.3. The Morgan fingerprint density at radius 2 is 2.05 bits per heavy atom. The average Bonchev–Trinajstić information content (AvgIpc) is 2.36. The minimum absolute atomic E-state index is 0. The van der Waals surface area contributed by atoms with Crippen molar-refractivity contribution in [1.82, 2.24) is 4.90 Å². The number of nitriles is 1. The molecule has 0 unspecified atom stereocenters. The second kappa shape index (κ2) is 6.63. The molecule has 0 saturated heterocycles. The Morgan fingerprint density at radius 3 is 2.68 bits per heavy atom. The normalized spacial score (nSPS) is 12.1. The fourth-order valence-corrected chi connectivity index (χ4v) is 1.83. The zero-order chi connectivity index (χ0) is 13.1. The maximum absolute atomic E-state index is 12.0. The largest absolute Gasteiger partial charge is 1.00 e. The SMILES string of the molecule is CC(C)=CC(=O)N1C=Cc2ccccc2[C-]1C#N.[Na+]. The van der Waals surface area contributed by atoms with Crippen molar-refractivity contribution in [2.24, 2.45) is 0 Å². The number of hydrogen-bond donors (Lipinski definition) is 0. The number of carbonyl (C=O) groups is 1. The Morgan fingerprint density at radius 1 is 1.37 bits per heavy atom. The average molecular weight is 260 g/mol. The van der Waals surface area contributed by atoms with Crippen LogP contribution < -0.4 is 29.6 Å². The van der Waals surface area contributed by atoms with Gasteiger partial charge < -0.3 is 4.90 Å². The number of hydrogen-bond acceptors (Lipinski definition) is 2. The van der Waals surface area contributed by atoms with Crippen LogP contribution in [0.2, 0.25) is 0 Å². The van der Waals surface area contributed by atoms with Gasteiger partial charge in [0, 0.05) is 18.2 Å². The molecule has 0 fully saturated rings. The van der Waals surface area contributed by atoms with Gasteiger partial charge in [-0.15, -0.1) is 23.3 Å². The van der Waals surface area contributed by atoms with Crippen LogP contribution in [0, 0.1) is 17.4 Å². The maximum Gasteiger partial charge on any atom is 1.00 e. The van der Waals surface area contributed by atoms with Crippen molar-refractivity contribution in [3.05, 3.63) is 59.3 Å². The second-order valence-electron chi connectivity index (χ2n) is 4.29. The molecule has 19 heavy (non-hydrogen) atoms. The van der Waals surface area contributed by atoms with E-state index in [9.17, 15) is 10.1 Å². The van der Waals surface area contributed by atoms with Crippen LogP contribution in [0.1, 0.15) is 25.0 Å². The van der Waals surface area contributed by atoms with Crippen LogP contribution in [-0.2, 0) is 4.79 Å². The number of nitrogens with zero attached hydrogens (tertiary/aromatic N) is 2. The fraction of sp³-hybridized carbons (Fsp3) is 0.133. The maximum atomic E-state index is 12.0.